The molecule has 0 N–H and O–H groups in total. The fraction of sp³-hybridized carbons (Fsp3) is 0.579. The number of aromatic nitrogens is 2. The van der Waals surface area contributed by atoms with Crippen LogP contribution < -0.4 is 0 Å². The number of piperidine rings is 1. The van der Waals surface area contributed by atoms with Crippen molar-refractivity contribution in [3.8, 4) is 0 Å². The van der Waals surface area contributed by atoms with Crippen molar-refractivity contribution in [2.75, 3.05) is 6.54 Å². The number of carbonyl (C=O) groups is 1. The van der Waals surface area contributed by atoms with Gasteiger partial charge in [0.2, 0.25) is 0 Å². The molecule has 24 heavy (non-hydrogen) atoms. The third-order valence-corrected chi connectivity index (χ3v) is 6.16. The molecule has 1 saturated heterocycles. The smallest absolute Gasteiger partial charge is 0.255 e. The van der Waals surface area contributed by atoms with E-state index in [-0.39, 0.29) is 5.91 Å². The van der Waals surface area contributed by atoms with E-state index < -0.39 is 0 Å². The normalized spacial score (nSPS) is 18.1. The van der Waals surface area contributed by atoms with E-state index in [1.807, 2.05) is 19.3 Å². The van der Waals surface area contributed by atoms with E-state index in [0.717, 1.165) is 50.2 Å². The van der Waals surface area contributed by atoms with E-state index in [4.69, 9.17) is 0 Å². The number of imidazole rings is 1. The van der Waals surface area contributed by atoms with E-state index in [1.165, 1.54) is 16.9 Å². The van der Waals surface area contributed by atoms with Crippen molar-refractivity contribution in [1.82, 2.24) is 14.5 Å². The molecule has 1 amide bonds. The first-order valence-electron chi connectivity index (χ1n) is 8.97. The van der Waals surface area contributed by atoms with Gasteiger partial charge in [-0.25, -0.2) is 4.98 Å². The lowest BCUT2D eigenvalue weighted by atomic mass is 9.97. The molecule has 0 bridgehead atoms. The minimum Gasteiger partial charge on any atom is -0.336 e. The van der Waals surface area contributed by atoms with Crippen molar-refractivity contribution >= 4 is 17.2 Å². The molecule has 0 radical (unpaired) electrons. The van der Waals surface area contributed by atoms with Crippen molar-refractivity contribution < 1.29 is 4.79 Å². The summed E-state index contributed by atoms with van der Waals surface area (Å²) in [5.74, 6) is 1.29. The van der Waals surface area contributed by atoms with E-state index in [0.29, 0.717) is 6.04 Å². The minimum absolute atomic E-state index is 0.239. The molecular formula is C19H27N3OS. The lowest BCUT2D eigenvalue weighted by Gasteiger charge is -2.36. The van der Waals surface area contributed by atoms with Crippen molar-refractivity contribution in [3.05, 3.63) is 39.6 Å². The van der Waals surface area contributed by atoms with Crippen LogP contribution in [0.3, 0.4) is 0 Å². The number of likely N-dealkylation sites (tertiary alicyclic amines) is 1. The molecule has 2 aromatic rings. The minimum atomic E-state index is 0.239. The highest BCUT2D eigenvalue weighted by molar-refractivity contribution is 7.10. The standard InChI is InChI=1S/C19H27N3OS/c1-4-17-14(2)24-13-18(17)19(23)22-10-6-5-7-16(22)8-11-21-12-9-20-15(21)3/h9,12-13,16H,4-8,10-11H2,1-3H3/t16-/m0/s1. The molecule has 3 rings (SSSR count). The molecule has 0 aromatic carbocycles. The first-order valence-corrected chi connectivity index (χ1v) is 9.85. The van der Waals surface area contributed by atoms with Crippen LogP contribution >= 0.6 is 11.3 Å². The Labute approximate surface area is 148 Å². The zero-order valence-corrected chi connectivity index (χ0v) is 15.7. The topological polar surface area (TPSA) is 38.1 Å². The summed E-state index contributed by atoms with van der Waals surface area (Å²) in [5.41, 5.74) is 2.17. The SMILES string of the molecule is CCc1c(C(=O)N2CCCC[C@H]2CCn2ccnc2C)csc1C. The molecule has 3 heterocycles. The maximum absolute atomic E-state index is 13.1. The maximum atomic E-state index is 13.1. The summed E-state index contributed by atoms with van der Waals surface area (Å²) in [6.07, 6.45) is 9.28. The molecule has 1 aliphatic rings. The van der Waals surface area contributed by atoms with Crippen LogP contribution in [0.15, 0.2) is 17.8 Å². The number of amides is 1. The Morgan fingerprint density at radius 2 is 2.21 bits per heavy atom. The molecule has 1 fully saturated rings. The second kappa shape index (κ2) is 7.51. The lowest BCUT2D eigenvalue weighted by Crippen LogP contribution is -2.44. The molecule has 0 saturated carbocycles. The molecule has 1 aliphatic heterocycles. The van der Waals surface area contributed by atoms with Crippen LogP contribution in [-0.4, -0.2) is 32.9 Å². The fourth-order valence-corrected chi connectivity index (χ4v) is 4.68. The number of hydrogen-bond donors (Lipinski definition) is 0. The number of nitrogens with zero attached hydrogens (tertiary/aromatic N) is 3. The zero-order valence-electron chi connectivity index (χ0n) is 14.9. The van der Waals surface area contributed by atoms with Gasteiger partial charge in [-0.3, -0.25) is 4.79 Å². The van der Waals surface area contributed by atoms with Gasteiger partial charge in [-0.1, -0.05) is 6.92 Å². The summed E-state index contributed by atoms with van der Waals surface area (Å²) in [4.78, 5) is 20.9. The first kappa shape index (κ1) is 17.2. The average Bonchev–Trinajstić information content (AvgIpc) is 3.17. The molecular weight excluding hydrogens is 318 g/mol. The third-order valence-electron chi connectivity index (χ3n) is 5.20. The van der Waals surface area contributed by atoms with Crippen molar-refractivity contribution in [2.24, 2.45) is 0 Å². The first-order chi connectivity index (χ1) is 11.6. The maximum Gasteiger partial charge on any atom is 0.255 e. The fourth-order valence-electron chi connectivity index (χ4n) is 3.75. The van der Waals surface area contributed by atoms with Gasteiger partial charge in [0.05, 0.1) is 5.56 Å². The predicted octanol–water partition coefficient (Wildman–Crippen LogP) is 4.21. The van der Waals surface area contributed by atoms with Crippen LogP contribution in [0.25, 0.3) is 0 Å². The van der Waals surface area contributed by atoms with Gasteiger partial charge in [-0.05, 0) is 51.5 Å². The van der Waals surface area contributed by atoms with Crippen molar-refractivity contribution in [3.63, 3.8) is 0 Å². The van der Waals surface area contributed by atoms with Gasteiger partial charge >= 0.3 is 0 Å². The molecule has 1 atom stereocenters. The van der Waals surface area contributed by atoms with E-state index in [9.17, 15) is 4.79 Å². The van der Waals surface area contributed by atoms with Crippen LogP contribution in [-0.2, 0) is 13.0 Å². The van der Waals surface area contributed by atoms with Gasteiger partial charge in [-0.15, -0.1) is 11.3 Å². The lowest BCUT2D eigenvalue weighted by molar-refractivity contribution is 0.0594. The monoisotopic (exact) mass is 345 g/mol. The largest absolute Gasteiger partial charge is 0.336 e. The quantitative estimate of drug-likeness (QED) is 0.814. The molecule has 0 spiro atoms. The molecule has 5 heteroatoms. The van der Waals surface area contributed by atoms with Gasteiger partial charge < -0.3 is 9.47 Å². The molecule has 0 unspecified atom stereocenters. The summed E-state index contributed by atoms with van der Waals surface area (Å²) in [6, 6.07) is 0.345. The Morgan fingerprint density at radius 1 is 1.38 bits per heavy atom. The highest BCUT2D eigenvalue weighted by Crippen LogP contribution is 2.28. The second-order valence-corrected chi connectivity index (χ2v) is 7.73. The Balaban J connectivity index is 1.74. The molecule has 130 valence electrons. The van der Waals surface area contributed by atoms with Gasteiger partial charge in [0.1, 0.15) is 5.82 Å². The Hall–Kier alpha value is -1.62. The van der Waals surface area contributed by atoms with Gasteiger partial charge in [0.15, 0.2) is 0 Å². The zero-order chi connectivity index (χ0) is 17.1. The van der Waals surface area contributed by atoms with E-state index >= 15 is 0 Å². The summed E-state index contributed by atoms with van der Waals surface area (Å²) < 4.78 is 2.18. The molecule has 4 nitrogen and oxygen atoms in total. The van der Waals surface area contributed by atoms with Gasteiger partial charge in [0.25, 0.3) is 5.91 Å². The van der Waals surface area contributed by atoms with Gasteiger partial charge in [-0.2, -0.15) is 0 Å². The Morgan fingerprint density at radius 3 is 2.92 bits per heavy atom. The Kier molecular flexibility index (Phi) is 5.39. The third kappa shape index (κ3) is 3.41. The number of aryl methyl sites for hydroxylation is 3. The van der Waals surface area contributed by atoms with Gasteiger partial charge in [0, 0.05) is 41.8 Å². The number of rotatable bonds is 5. The van der Waals surface area contributed by atoms with Crippen LogP contribution in [0.2, 0.25) is 0 Å². The highest BCUT2D eigenvalue weighted by Gasteiger charge is 2.29. The Bertz CT molecular complexity index is 703. The number of thiophene rings is 1. The number of hydrogen-bond acceptors (Lipinski definition) is 3. The van der Waals surface area contributed by atoms with Crippen LogP contribution in [0, 0.1) is 13.8 Å². The summed E-state index contributed by atoms with van der Waals surface area (Å²) >= 11 is 1.70. The van der Waals surface area contributed by atoms with Crippen LogP contribution in [0.5, 0.6) is 0 Å². The van der Waals surface area contributed by atoms with Crippen molar-refractivity contribution in [2.45, 2.75) is 65.5 Å². The summed E-state index contributed by atoms with van der Waals surface area (Å²) in [6.45, 7) is 8.12. The van der Waals surface area contributed by atoms with E-state index in [2.05, 4.69) is 33.7 Å². The summed E-state index contributed by atoms with van der Waals surface area (Å²) in [5, 5.41) is 2.06. The summed E-state index contributed by atoms with van der Waals surface area (Å²) in [7, 11) is 0. The second-order valence-electron chi connectivity index (χ2n) is 6.64. The average molecular weight is 346 g/mol. The van der Waals surface area contributed by atoms with Crippen LogP contribution in [0.4, 0.5) is 0 Å². The molecule has 2 aromatic heterocycles. The predicted molar refractivity (Wildman–Crippen MR) is 98.7 cm³/mol. The van der Waals surface area contributed by atoms with E-state index in [1.54, 1.807) is 11.3 Å². The highest BCUT2D eigenvalue weighted by atomic mass is 32.1. The molecule has 0 aliphatic carbocycles. The van der Waals surface area contributed by atoms with Crippen molar-refractivity contribution in [1.29, 1.82) is 0 Å². The number of carbonyl (C=O) groups excluding carboxylic acids is 1. The van der Waals surface area contributed by atoms with Crippen LogP contribution in [0.1, 0.15) is 59.2 Å².